The first-order chi connectivity index (χ1) is 17.0. The van der Waals surface area contributed by atoms with Crippen molar-refractivity contribution in [3.05, 3.63) is 92.0 Å². The number of nitro benzene ring substituents is 2. The Morgan fingerprint density at radius 3 is 1.22 bits per heavy atom. The summed E-state index contributed by atoms with van der Waals surface area (Å²) in [5.74, 6) is 0. The highest BCUT2D eigenvalue weighted by atomic mass is 16.7. The smallest absolute Gasteiger partial charge is 0.450 e. The van der Waals surface area contributed by atoms with Crippen LogP contribution in [0.5, 0.6) is 0 Å². The van der Waals surface area contributed by atoms with Crippen molar-refractivity contribution in [1.29, 1.82) is 0 Å². The fraction of sp³-hybridized carbons (Fsp3) is 0.167. The second-order valence-electron chi connectivity index (χ2n) is 7.65. The summed E-state index contributed by atoms with van der Waals surface area (Å²) in [5.41, 5.74) is 2.08. The van der Waals surface area contributed by atoms with Crippen LogP contribution in [-0.2, 0) is 9.47 Å². The Hall–Kier alpha value is -5.00. The minimum Gasteiger partial charge on any atom is -0.450 e. The van der Waals surface area contributed by atoms with Gasteiger partial charge < -0.3 is 19.7 Å². The first-order valence-electron chi connectivity index (χ1n) is 10.4. The molecule has 2 unspecified atom stereocenters. The van der Waals surface area contributed by atoms with Gasteiger partial charge in [0, 0.05) is 35.4 Å². The lowest BCUT2D eigenvalue weighted by Gasteiger charge is -2.24. The maximum absolute atomic E-state index is 11.3. The van der Waals surface area contributed by atoms with Crippen LogP contribution < -0.4 is 0 Å². The highest BCUT2D eigenvalue weighted by Crippen LogP contribution is 2.44. The van der Waals surface area contributed by atoms with Crippen LogP contribution in [0.15, 0.2) is 60.7 Å². The van der Waals surface area contributed by atoms with Gasteiger partial charge >= 0.3 is 12.3 Å². The Bertz CT molecular complexity index is 1220. The van der Waals surface area contributed by atoms with Crippen LogP contribution in [0.4, 0.5) is 21.0 Å². The molecule has 0 heterocycles. The maximum Gasteiger partial charge on any atom is 0.506 e. The summed E-state index contributed by atoms with van der Waals surface area (Å²) >= 11 is 0. The summed E-state index contributed by atoms with van der Waals surface area (Å²) in [7, 11) is 0. The lowest BCUT2D eigenvalue weighted by molar-refractivity contribution is -0.385. The highest BCUT2D eigenvalue weighted by molar-refractivity contribution is 5.89. The van der Waals surface area contributed by atoms with Crippen molar-refractivity contribution in [3.8, 4) is 22.3 Å². The van der Waals surface area contributed by atoms with Crippen molar-refractivity contribution < 1.29 is 39.1 Å². The minimum absolute atomic E-state index is 0.175. The first kappa shape index (κ1) is 25.6. The van der Waals surface area contributed by atoms with Crippen molar-refractivity contribution >= 4 is 23.7 Å². The minimum atomic E-state index is -1.53. The van der Waals surface area contributed by atoms with Crippen LogP contribution in [-0.4, -0.2) is 32.4 Å². The zero-order valence-electron chi connectivity index (χ0n) is 19.0. The molecular formula is C24H20N2O10. The number of hydrogen-bond acceptors (Lipinski definition) is 8. The van der Waals surface area contributed by atoms with Gasteiger partial charge in [0.15, 0.2) is 0 Å². The fourth-order valence-corrected chi connectivity index (χ4v) is 3.86. The molecule has 0 saturated heterocycles. The number of carbonyl (C=O) groups is 2. The molecule has 0 saturated carbocycles. The van der Waals surface area contributed by atoms with Crippen molar-refractivity contribution in [3.63, 3.8) is 0 Å². The molecular weight excluding hydrogens is 476 g/mol. The number of non-ortho nitro benzene ring substituents is 2. The summed E-state index contributed by atoms with van der Waals surface area (Å²) in [5, 5.41) is 40.7. The lowest BCUT2D eigenvalue weighted by atomic mass is 9.84. The number of benzene rings is 3. The zero-order valence-corrected chi connectivity index (χ0v) is 19.0. The van der Waals surface area contributed by atoms with Gasteiger partial charge in [-0.1, -0.05) is 12.1 Å². The van der Waals surface area contributed by atoms with Crippen LogP contribution in [0, 0.1) is 20.2 Å². The molecule has 12 heteroatoms. The number of nitrogens with zero attached hydrogens (tertiary/aromatic N) is 2. The molecule has 0 fully saturated rings. The third kappa shape index (κ3) is 5.55. The lowest BCUT2D eigenvalue weighted by Crippen LogP contribution is -2.11. The van der Waals surface area contributed by atoms with Crippen LogP contribution in [0.1, 0.15) is 37.2 Å². The monoisotopic (exact) mass is 496 g/mol. The highest BCUT2D eigenvalue weighted by Gasteiger charge is 2.26. The molecule has 3 rings (SSSR count). The quantitative estimate of drug-likeness (QED) is 0.203. The van der Waals surface area contributed by atoms with Crippen molar-refractivity contribution in [2.45, 2.75) is 26.1 Å². The average Bonchev–Trinajstić information content (AvgIpc) is 2.82. The van der Waals surface area contributed by atoms with E-state index >= 15 is 0 Å². The molecule has 0 aliphatic heterocycles. The molecule has 186 valence electrons. The second-order valence-corrected chi connectivity index (χ2v) is 7.65. The molecule has 0 bridgehead atoms. The Morgan fingerprint density at radius 1 is 0.667 bits per heavy atom. The second kappa shape index (κ2) is 10.5. The van der Waals surface area contributed by atoms with Crippen molar-refractivity contribution in [1.82, 2.24) is 0 Å². The molecule has 0 aromatic heterocycles. The molecule has 12 nitrogen and oxygen atoms in total. The van der Waals surface area contributed by atoms with Crippen LogP contribution >= 0.6 is 0 Å². The molecule has 36 heavy (non-hydrogen) atoms. The van der Waals surface area contributed by atoms with Gasteiger partial charge in [-0.25, -0.2) is 9.59 Å². The molecule has 3 aromatic rings. The van der Waals surface area contributed by atoms with Gasteiger partial charge in [-0.2, -0.15) is 0 Å². The van der Waals surface area contributed by atoms with Gasteiger partial charge in [0.05, 0.1) is 9.85 Å². The van der Waals surface area contributed by atoms with Gasteiger partial charge in [0.1, 0.15) is 12.2 Å². The van der Waals surface area contributed by atoms with E-state index in [1.165, 1.54) is 62.4 Å². The molecule has 0 aliphatic rings. The van der Waals surface area contributed by atoms with E-state index in [2.05, 4.69) is 0 Å². The average molecular weight is 496 g/mol. The SMILES string of the molecule is CC(OC(=O)O)c1ccc(C(C)OC(=O)O)c(-c2ccc([N+](=O)[O-])cc2)c1-c1ccc([N+](=O)[O-])cc1. The van der Waals surface area contributed by atoms with E-state index in [4.69, 9.17) is 19.7 Å². The standard InChI is InChI=1S/C24H20N2O10/c1-13(35-23(27)28)19-11-12-20(14(2)36-24(29)30)22(16-5-9-18(10-6-16)26(33)34)21(19)15-3-7-17(8-4-15)25(31)32/h3-14H,1-2H3,(H,27,28)(H,29,30). The Kier molecular flexibility index (Phi) is 7.48. The molecule has 0 amide bonds. The van der Waals surface area contributed by atoms with E-state index < -0.39 is 34.4 Å². The Morgan fingerprint density at radius 2 is 0.972 bits per heavy atom. The predicted molar refractivity (Wildman–Crippen MR) is 126 cm³/mol. The summed E-state index contributed by atoms with van der Waals surface area (Å²) in [6, 6.07) is 14.0. The zero-order chi connectivity index (χ0) is 26.6. The van der Waals surface area contributed by atoms with E-state index in [-0.39, 0.29) is 11.4 Å². The first-order valence-corrected chi connectivity index (χ1v) is 10.4. The molecule has 2 atom stereocenters. The largest absolute Gasteiger partial charge is 0.506 e. The summed E-state index contributed by atoms with van der Waals surface area (Å²) in [6.07, 6.45) is -5.04. The number of nitro groups is 2. The molecule has 3 aromatic carbocycles. The van der Waals surface area contributed by atoms with E-state index in [0.717, 1.165) is 0 Å². The summed E-state index contributed by atoms with van der Waals surface area (Å²) < 4.78 is 9.92. The third-order valence-corrected chi connectivity index (χ3v) is 5.43. The Balaban J connectivity index is 2.38. The van der Waals surface area contributed by atoms with Crippen molar-refractivity contribution in [2.75, 3.05) is 0 Å². The molecule has 0 aliphatic carbocycles. The number of rotatable bonds is 8. The maximum atomic E-state index is 11.3. The van der Waals surface area contributed by atoms with E-state index in [0.29, 0.717) is 33.4 Å². The van der Waals surface area contributed by atoms with Crippen LogP contribution in [0.2, 0.25) is 0 Å². The van der Waals surface area contributed by atoms with Crippen molar-refractivity contribution in [2.24, 2.45) is 0 Å². The summed E-state index contributed by atoms with van der Waals surface area (Å²) in [6.45, 7) is 2.99. The van der Waals surface area contributed by atoms with Gasteiger partial charge in [-0.15, -0.1) is 0 Å². The van der Waals surface area contributed by atoms with E-state index in [1.54, 1.807) is 12.1 Å². The fourth-order valence-electron chi connectivity index (χ4n) is 3.86. The van der Waals surface area contributed by atoms with Crippen LogP contribution in [0.25, 0.3) is 22.3 Å². The Labute approximate surface area is 203 Å². The predicted octanol–water partition coefficient (Wildman–Crippen LogP) is 6.35. The molecule has 0 radical (unpaired) electrons. The van der Waals surface area contributed by atoms with Gasteiger partial charge in [-0.3, -0.25) is 20.2 Å². The topological polar surface area (TPSA) is 179 Å². The molecule has 2 N–H and O–H groups in total. The van der Waals surface area contributed by atoms with Crippen LogP contribution in [0.3, 0.4) is 0 Å². The number of hydrogen-bond donors (Lipinski definition) is 2. The number of carboxylic acid groups (broad SMARTS) is 2. The molecule has 0 spiro atoms. The van der Waals surface area contributed by atoms with E-state index in [9.17, 15) is 29.8 Å². The third-order valence-electron chi connectivity index (χ3n) is 5.43. The van der Waals surface area contributed by atoms with Gasteiger partial charge in [-0.05, 0) is 60.4 Å². The van der Waals surface area contributed by atoms with Gasteiger partial charge in [0.25, 0.3) is 11.4 Å². The van der Waals surface area contributed by atoms with E-state index in [1.807, 2.05) is 0 Å². The number of ether oxygens (including phenoxy) is 2. The normalized spacial score (nSPS) is 12.3. The van der Waals surface area contributed by atoms with Gasteiger partial charge in [0.2, 0.25) is 0 Å². The summed E-state index contributed by atoms with van der Waals surface area (Å²) in [4.78, 5) is 43.7.